The van der Waals surface area contributed by atoms with Gasteiger partial charge in [0.05, 0.1) is 4.47 Å². The van der Waals surface area contributed by atoms with Crippen molar-refractivity contribution in [1.29, 1.82) is 0 Å². The SMILES string of the molecule is CC(C)(C)c1ccc(OCC(=O)NNC(=S)NC(=O)/C=C\c2ccc(F)cc2)c(Br)c1. The molecule has 3 N–H and O–H groups in total. The summed E-state index contributed by atoms with van der Waals surface area (Å²) in [7, 11) is 0. The van der Waals surface area contributed by atoms with Crippen molar-refractivity contribution < 1.29 is 18.7 Å². The van der Waals surface area contributed by atoms with E-state index in [-0.39, 0.29) is 23.0 Å². The van der Waals surface area contributed by atoms with Crippen LogP contribution in [0.2, 0.25) is 0 Å². The van der Waals surface area contributed by atoms with Crippen LogP contribution in [0.4, 0.5) is 4.39 Å². The molecule has 164 valence electrons. The van der Waals surface area contributed by atoms with Gasteiger partial charge in [-0.1, -0.05) is 39.0 Å². The second kappa shape index (κ2) is 11.0. The number of thiocarbonyl (C=S) groups is 1. The molecular formula is C22H23BrFN3O3S. The van der Waals surface area contributed by atoms with Crippen LogP contribution in [0.15, 0.2) is 53.0 Å². The summed E-state index contributed by atoms with van der Waals surface area (Å²) in [5.74, 6) is -0.814. The molecule has 0 atom stereocenters. The number of ether oxygens (including phenoxy) is 1. The van der Waals surface area contributed by atoms with Crippen LogP contribution in [-0.2, 0) is 15.0 Å². The maximum atomic E-state index is 12.9. The number of nitrogens with one attached hydrogen (secondary N) is 3. The molecule has 0 radical (unpaired) electrons. The molecule has 0 aromatic heterocycles. The van der Waals surface area contributed by atoms with Crippen molar-refractivity contribution in [1.82, 2.24) is 16.2 Å². The Balaban J connectivity index is 1.75. The number of hydrogen-bond acceptors (Lipinski definition) is 4. The summed E-state index contributed by atoms with van der Waals surface area (Å²) in [4.78, 5) is 23.8. The number of hydrogen-bond donors (Lipinski definition) is 3. The minimum absolute atomic E-state index is 0.00329. The van der Waals surface area contributed by atoms with Crippen LogP contribution < -0.4 is 20.9 Å². The lowest BCUT2D eigenvalue weighted by Gasteiger charge is -2.20. The standard InChI is InChI=1S/C22H23BrFN3O3S/c1-22(2,3)15-7-10-18(17(23)12-15)30-13-20(29)26-27-21(31)25-19(28)11-6-14-4-8-16(24)9-5-14/h4-12H,13H2,1-3H3,(H,26,29)(H2,25,27,28,31)/b11-6-. The smallest absolute Gasteiger partial charge is 0.276 e. The average molecular weight is 508 g/mol. The Bertz CT molecular complexity index is 988. The molecule has 2 rings (SSSR count). The summed E-state index contributed by atoms with van der Waals surface area (Å²) < 4.78 is 19.1. The van der Waals surface area contributed by atoms with Gasteiger partial charge in [0.15, 0.2) is 11.7 Å². The fraction of sp³-hybridized carbons (Fsp3) is 0.227. The first-order valence-corrected chi connectivity index (χ1v) is 10.5. The highest BCUT2D eigenvalue weighted by atomic mass is 79.9. The lowest BCUT2D eigenvalue weighted by atomic mass is 9.87. The zero-order valence-corrected chi connectivity index (χ0v) is 19.7. The number of halogens is 2. The third kappa shape index (κ3) is 8.47. The molecule has 31 heavy (non-hydrogen) atoms. The Kier molecular flexibility index (Phi) is 8.70. The lowest BCUT2D eigenvalue weighted by Crippen LogP contribution is -2.49. The van der Waals surface area contributed by atoms with Crippen LogP contribution in [0, 0.1) is 5.82 Å². The molecule has 0 aliphatic carbocycles. The highest BCUT2D eigenvalue weighted by Gasteiger charge is 2.15. The molecule has 0 aliphatic rings. The minimum Gasteiger partial charge on any atom is -0.483 e. The van der Waals surface area contributed by atoms with Crippen LogP contribution in [0.1, 0.15) is 31.9 Å². The van der Waals surface area contributed by atoms with Gasteiger partial charge in [0, 0.05) is 6.08 Å². The topological polar surface area (TPSA) is 79.5 Å². The third-order valence-corrected chi connectivity index (χ3v) is 4.83. The van der Waals surface area contributed by atoms with E-state index in [4.69, 9.17) is 17.0 Å². The van der Waals surface area contributed by atoms with Crippen LogP contribution in [0.25, 0.3) is 6.08 Å². The Hall–Kier alpha value is -2.78. The van der Waals surface area contributed by atoms with Crippen molar-refractivity contribution in [2.75, 3.05) is 6.61 Å². The summed E-state index contributed by atoms with van der Waals surface area (Å²) in [6, 6.07) is 11.3. The fourth-order valence-electron chi connectivity index (χ4n) is 2.32. The molecule has 2 amide bonds. The monoisotopic (exact) mass is 507 g/mol. The molecule has 0 saturated heterocycles. The highest BCUT2D eigenvalue weighted by molar-refractivity contribution is 9.10. The fourth-order valence-corrected chi connectivity index (χ4v) is 2.97. The van der Waals surface area contributed by atoms with Gasteiger partial charge < -0.3 is 4.74 Å². The summed E-state index contributed by atoms with van der Waals surface area (Å²) in [5.41, 5.74) is 6.55. The average Bonchev–Trinajstić information content (AvgIpc) is 2.70. The van der Waals surface area contributed by atoms with Gasteiger partial charge in [-0.05, 0) is 75.0 Å². The minimum atomic E-state index is -0.504. The molecule has 2 aromatic carbocycles. The second-order valence-electron chi connectivity index (χ2n) is 7.56. The van der Waals surface area contributed by atoms with Crippen molar-refractivity contribution in [3.8, 4) is 5.75 Å². The predicted octanol–water partition coefficient (Wildman–Crippen LogP) is 4.00. The van der Waals surface area contributed by atoms with Gasteiger partial charge in [-0.3, -0.25) is 25.8 Å². The lowest BCUT2D eigenvalue weighted by molar-refractivity contribution is -0.123. The van der Waals surface area contributed by atoms with Gasteiger partial charge in [-0.15, -0.1) is 0 Å². The van der Waals surface area contributed by atoms with Crippen molar-refractivity contribution in [2.24, 2.45) is 0 Å². The predicted molar refractivity (Wildman–Crippen MR) is 126 cm³/mol. The van der Waals surface area contributed by atoms with Crippen molar-refractivity contribution in [3.63, 3.8) is 0 Å². The Morgan fingerprint density at radius 2 is 1.81 bits per heavy atom. The largest absolute Gasteiger partial charge is 0.483 e. The van der Waals surface area contributed by atoms with E-state index in [1.54, 1.807) is 6.07 Å². The normalized spacial score (nSPS) is 11.1. The van der Waals surface area contributed by atoms with E-state index in [0.29, 0.717) is 11.3 Å². The van der Waals surface area contributed by atoms with E-state index >= 15 is 0 Å². The van der Waals surface area contributed by atoms with Crippen LogP contribution in [0.5, 0.6) is 5.75 Å². The van der Waals surface area contributed by atoms with Crippen molar-refractivity contribution in [3.05, 3.63) is 70.0 Å². The van der Waals surface area contributed by atoms with E-state index in [2.05, 4.69) is 52.9 Å². The number of rotatable bonds is 5. The van der Waals surface area contributed by atoms with Gasteiger partial charge in [0.2, 0.25) is 5.91 Å². The number of amides is 2. The molecular weight excluding hydrogens is 485 g/mol. The highest BCUT2D eigenvalue weighted by Crippen LogP contribution is 2.31. The van der Waals surface area contributed by atoms with Crippen LogP contribution in [-0.4, -0.2) is 23.5 Å². The molecule has 6 nitrogen and oxygen atoms in total. The summed E-state index contributed by atoms with van der Waals surface area (Å²) in [6.45, 7) is 6.07. The summed E-state index contributed by atoms with van der Waals surface area (Å²) in [5, 5.41) is 2.29. The number of benzene rings is 2. The van der Waals surface area contributed by atoms with Gasteiger partial charge in [-0.25, -0.2) is 4.39 Å². The third-order valence-electron chi connectivity index (χ3n) is 4.01. The number of carbonyl (C=O) groups is 2. The Labute approximate surface area is 194 Å². The summed E-state index contributed by atoms with van der Waals surface area (Å²) in [6.07, 6.45) is 2.75. The van der Waals surface area contributed by atoms with Crippen LogP contribution >= 0.6 is 28.1 Å². The molecule has 0 heterocycles. The summed E-state index contributed by atoms with van der Waals surface area (Å²) >= 11 is 8.40. The van der Waals surface area contributed by atoms with E-state index in [1.165, 1.54) is 36.4 Å². The van der Waals surface area contributed by atoms with Gasteiger partial charge in [0.1, 0.15) is 11.6 Å². The van der Waals surface area contributed by atoms with Crippen molar-refractivity contribution >= 4 is 51.2 Å². The molecule has 0 fully saturated rings. The molecule has 0 unspecified atom stereocenters. The first-order valence-electron chi connectivity index (χ1n) is 9.31. The van der Waals surface area contributed by atoms with E-state index in [0.717, 1.165) is 10.0 Å². The quantitative estimate of drug-likeness (QED) is 0.323. The number of carbonyl (C=O) groups excluding carboxylic acids is 2. The molecule has 0 saturated carbocycles. The van der Waals surface area contributed by atoms with Crippen LogP contribution in [0.3, 0.4) is 0 Å². The number of hydrazine groups is 1. The van der Waals surface area contributed by atoms with E-state index < -0.39 is 11.8 Å². The van der Waals surface area contributed by atoms with E-state index in [9.17, 15) is 14.0 Å². The molecule has 2 aromatic rings. The Morgan fingerprint density at radius 1 is 1.13 bits per heavy atom. The first kappa shape index (κ1) is 24.5. The molecule has 0 bridgehead atoms. The second-order valence-corrected chi connectivity index (χ2v) is 8.82. The maximum Gasteiger partial charge on any atom is 0.276 e. The zero-order chi connectivity index (χ0) is 23.0. The zero-order valence-electron chi connectivity index (χ0n) is 17.3. The van der Waals surface area contributed by atoms with E-state index in [1.807, 2.05) is 12.1 Å². The van der Waals surface area contributed by atoms with Crippen molar-refractivity contribution in [2.45, 2.75) is 26.2 Å². The maximum absolute atomic E-state index is 12.9. The molecule has 9 heteroatoms. The van der Waals surface area contributed by atoms with Gasteiger partial charge >= 0.3 is 0 Å². The Morgan fingerprint density at radius 3 is 2.42 bits per heavy atom. The van der Waals surface area contributed by atoms with Gasteiger partial charge in [0.25, 0.3) is 5.91 Å². The first-order chi connectivity index (χ1) is 14.5. The van der Waals surface area contributed by atoms with Gasteiger partial charge in [-0.2, -0.15) is 0 Å². The molecule has 0 aliphatic heterocycles. The molecule has 0 spiro atoms.